The Morgan fingerprint density at radius 3 is 2.09 bits per heavy atom. The van der Waals surface area contributed by atoms with E-state index >= 15 is 0 Å². The Morgan fingerprint density at radius 2 is 1.56 bits per heavy atom. The highest BCUT2D eigenvalue weighted by atomic mass is 16.5. The predicted octanol–water partition coefficient (Wildman–Crippen LogP) is 7.26. The van der Waals surface area contributed by atoms with Crippen molar-refractivity contribution in [3.63, 3.8) is 0 Å². The second kappa shape index (κ2) is 9.29. The summed E-state index contributed by atoms with van der Waals surface area (Å²) in [5.41, 5.74) is 8.25. The van der Waals surface area contributed by atoms with Gasteiger partial charge in [-0.3, -0.25) is 4.79 Å². The summed E-state index contributed by atoms with van der Waals surface area (Å²) in [6, 6.07) is 13.1. The molecular weight excluding hydrogens is 394 g/mol. The van der Waals surface area contributed by atoms with E-state index in [0.29, 0.717) is 6.61 Å². The second-order valence-electron chi connectivity index (χ2n) is 11.0. The van der Waals surface area contributed by atoms with Crippen LogP contribution in [0.1, 0.15) is 95.0 Å². The highest BCUT2D eigenvalue weighted by Crippen LogP contribution is 2.46. The van der Waals surface area contributed by atoms with E-state index in [9.17, 15) is 4.79 Å². The molecule has 1 aliphatic carbocycles. The first-order chi connectivity index (χ1) is 15.0. The molecule has 32 heavy (non-hydrogen) atoms. The summed E-state index contributed by atoms with van der Waals surface area (Å²) < 4.78 is 5.29. The molecule has 0 amide bonds. The number of benzene rings is 2. The zero-order valence-corrected chi connectivity index (χ0v) is 21.3. The molecule has 0 aliphatic heterocycles. The van der Waals surface area contributed by atoms with Gasteiger partial charge in [0.25, 0.3) is 0 Å². The van der Waals surface area contributed by atoms with Crippen molar-refractivity contribution in [2.24, 2.45) is 5.92 Å². The Bertz CT molecular complexity index is 954. The van der Waals surface area contributed by atoms with Crippen molar-refractivity contribution in [2.45, 2.75) is 91.5 Å². The minimum atomic E-state index is -0.225. The summed E-state index contributed by atoms with van der Waals surface area (Å²) in [7, 11) is 0. The van der Waals surface area contributed by atoms with Crippen LogP contribution in [0.5, 0.6) is 0 Å². The third-order valence-electron chi connectivity index (χ3n) is 7.27. The molecule has 0 aromatic heterocycles. The quantitative estimate of drug-likeness (QED) is 0.465. The molecule has 1 atom stereocenters. The van der Waals surface area contributed by atoms with Crippen LogP contribution in [0.4, 0.5) is 5.69 Å². The second-order valence-corrected chi connectivity index (χ2v) is 11.0. The van der Waals surface area contributed by atoms with Crippen molar-refractivity contribution < 1.29 is 9.53 Å². The topological polar surface area (TPSA) is 38.3 Å². The van der Waals surface area contributed by atoms with E-state index in [2.05, 4.69) is 90.2 Å². The van der Waals surface area contributed by atoms with Gasteiger partial charge in [-0.2, -0.15) is 0 Å². The van der Waals surface area contributed by atoms with Gasteiger partial charge in [-0.25, -0.2) is 0 Å². The molecule has 3 rings (SSSR count). The average Bonchev–Trinajstić information content (AvgIpc) is 2.71. The highest BCUT2D eigenvalue weighted by Gasteiger charge is 2.37. The number of rotatable bonds is 7. The molecule has 1 aliphatic rings. The third kappa shape index (κ3) is 5.03. The number of fused-ring (bicyclic) bond motifs is 1. The number of ether oxygens (including phenoxy) is 1. The molecule has 0 fully saturated rings. The number of anilines is 1. The lowest BCUT2D eigenvalue weighted by molar-refractivity contribution is -0.146. The molecular formula is C29H41NO2. The van der Waals surface area contributed by atoms with Crippen LogP contribution >= 0.6 is 0 Å². The van der Waals surface area contributed by atoms with Crippen LogP contribution in [0, 0.1) is 12.8 Å². The number of esters is 1. The molecule has 0 saturated heterocycles. The molecule has 3 heteroatoms. The summed E-state index contributed by atoms with van der Waals surface area (Å²) in [5.74, 6) is -0.172. The fourth-order valence-corrected chi connectivity index (χ4v) is 4.99. The van der Waals surface area contributed by atoms with Crippen molar-refractivity contribution in [1.29, 1.82) is 0 Å². The van der Waals surface area contributed by atoms with Crippen LogP contribution in [0.25, 0.3) is 0 Å². The van der Waals surface area contributed by atoms with Gasteiger partial charge >= 0.3 is 5.97 Å². The number of hydrogen-bond acceptors (Lipinski definition) is 3. The molecule has 0 radical (unpaired) electrons. The van der Waals surface area contributed by atoms with Crippen molar-refractivity contribution >= 4 is 11.7 Å². The Hall–Kier alpha value is -2.29. The monoisotopic (exact) mass is 435 g/mol. The molecule has 1 N–H and O–H groups in total. The lowest BCUT2D eigenvalue weighted by Gasteiger charge is -2.42. The predicted molar refractivity (Wildman–Crippen MR) is 134 cm³/mol. The van der Waals surface area contributed by atoms with Crippen molar-refractivity contribution in [2.75, 3.05) is 11.9 Å². The molecule has 2 aromatic rings. The van der Waals surface area contributed by atoms with Gasteiger partial charge in [0.15, 0.2) is 0 Å². The highest BCUT2D eigenvalue weighted by molar-refractivity contribution is 5.78. The van der Waals surface area contributed by atoms with Crippen molar-refractivity contribution in [3.8, 4) is 0 Å². The maximum atomic E-state index is 12.4. The molecule has 174 valence electrons. The van der Waals surface area contributed by atoms with Crippen LogP contribution in [0.15, 0.2) is 36.4 Å². The molecule has 3 nitrogen and oxygen atoms in total. The van der Waals surface area contributed by atoms with Gasteiger partial charge in [-0.05, 0) is 83.4 Å². The van der Waals surface area contributed by atoms with Crippen LogP contribution in [0.2, 0.25) is 0 Å². The normalized spacial score (nSPS) is 17.5. The first kappa shape index (κ1) is 24.4. The van der Waals surface area contributed by atoms with Crippen LogP contribution < -0.4 is 5.32 Å². The van der Waals surface area contributed by atoms with E-state index in [1.165, 1.54) is 35.1 Å². The van der Waals surface area contributed by atoms with Gasteiger partial charge < -0.3 is 10.1 Å². The average molecular weight is 436 g/mol. The molecule has 0 saturated carbocycles. The molecule has 1 unspecified atom stereocenters. The summed E-state index contributed by atoms with van der Waals surface area (Å²) in [5, 5.41) is 3.59. The number of nitrogens with one attached hydrogen (secondary N) is 1. The number of hydrogen-bond donors (Lipinski definition) is 1. The zero-order valence-electron chi connectivity index (χ0n) is 21.3. The van der Waals surface area contributed by atoms with Gasteiger partial charge in [0.1, 0.15) is 0 Å². The Kier molecular flexibility index (Phi) is 7.07. The van der Waals surface area contributed by atoms with Gasteiger partial charge in [-0.1, -0.05) is 65.8 Å². The lowest BCUT2D eigenvalue weighted by Crippen LogP contribution is -2.34. The minimum absolute atomic E-state index is 0.140. The third-order valence-corrected chi connectivity index (χ3v) is 7.27. The van der Waals surface area contributed by atoms with E-state index in [1.807, 2.05) is 6.92 Å². The number of carbonyl (C=O) groups excluding carboxylic acids is 1. The fourth-order valence-electron chi connectivity index (χ4n) is 4.99. The summed E-state index contributed by atoms with van der Waals surface area (Å²) in [6.07, 6.45) is 2.46. The van der Waals surface area contributed by atoms with E-state index in [-0.39, 0.29) is 28.6 Å². The van der Waals surface area contributed by atoms with E-state index in [4.69, 9.17) is 4.74 Å². The number of carbonyl (C=O) groups is 1. The van der Waals surface area contributed by atoms with Crippen LogP contribution in [-0.2, 0) is 26.9 Å². The smallest absolute Gasteiger partial charge is 0.313 e. The van der Waals surface area contributed by atoms with E-state index in [0.717, 1.165) is 17.8 Å². The Balaban J connectivity index is 1.78. The maximum Gasteiger partial charge on any atom is 0.313 e. The SMILES string of the molecule is CCOC(=O)C(c1ccc(NCc2cc3c(cc2C)C(C)(C)CCC3(C)C)cc1)C(C)C. The fraction of sp³-hybridized carbons (Fsp3) is 0.552. The van der Waals surface area contributed by atoms with Crippen LogP contribution in [-0.4, -0.2) is 12.6 Å². The van der Waals surface area contributed by atoms with Gasteiger partial charge in [-0.15, -0.1) is 0 Å². The first-order valence-electron chi connectivity index (χ1n) is 12.1. The zero-order chi connectivity index (χ0) is 23.7. The summed E-state index contributed by atoms with van der Waals surface area (Å²) >= 11 is 0. The lowest BCUT2D eigenvalue weighted by atomic mass is 9.62. The van der Waals surface area contributed by atoms with Gasteiger partial charge in [0.2, 0.25) is 0 Å². The van der Waals surface area contributed by atoms with E-state index < -0.39 is 0 Å². The van der Waals surface area contributed by atoms with Crippen molar-refractivity contribution in [1.82, 2.24) is 0 Å². The molecule has 0 heterocycles. The van der Waals surface area contributed by atoms with Crippen LogP contribution in [0.3, 0.4) is 0 Å². The van der Waals surface area contributed by atoms with E-state index in [1.54, 1.807) is 0 Å². The van der Waals surface area contributed by atoms with Crippen molar-refractivity contribution in [3.05, 3.63) is 64.2 Å². The Labute approximate surface area is 195 Å². The van der Waals surface area contributed by atoms with Gasteiger partial charge in [0, 0.05) is 12.2 Å². The van der Waals surface area contributed by atoms with Gasteiger partial charge in [0.05, 0.1) is 12.5 Å². The summed E-state index contributed by atoms with van der Waals surface area (Å²) in [4.78, 5) is 12.4. The minimum Gasteiger partial charge on any atom is -0.466 e. The number of aryl methyl sites for hydroxylation is 1. The maximum absolute atomic E-state index is 12.4. The molecule has 0 bridgehead atoms. The summed E-state index contributed by atoms with van der Waals surface area (Å²) in [6.45, 7) is 18.9. The molecule has 0 spiro atoms. The largest absolute Gasteiger partial charge is 0.466 e. The Morgan fingerprint density at radius 1 is 1.00 bits per heavy atom. The molecule has 2 aromatic carbocycles. The first-order valence-corrected chi connectivity index (χ1v) is 12.1. The standard InChI is InChI=1S/C29H41NO2/c1-9-32-27(31)26(19(2)3)21-10-12-23(13-11-21)30-18-22-17-25-24(16-20(22)4)28(5,6)14-15-29(25,7)8/h10-13,16-17,19,26,30H,9,14-15,18H2,1-8H3.